The van der Waals surface area contributed by atoms with E-state index in [1.165, 1.54) is 12.1 Å². The third-order valence-corrected chi connectivity index (χ3v) is 5.57. The zero-order chi connectivity index (χ0) is 21.6. The van der Waals surface area contributed by atoms with Gasteiger partial charge in [0.05, 0.1) is 45.1 Å². The maximum atomic E-state index is 13.1. The number of halogens is 4. The number of ether oxygens (including phenoxy) is 1. The van der Waals surface area contributed by atoms with Crippen LogP contribution in [0, 0.1) is 0 Å². The average Bonchev–Trinajstić information content (AvgIpc) is 3.35. The number of aromatic nitrogens is 2. The van der Waals surface area contributed by atoms with Crippen LogP contribution in [0.1, 0.15) is 5.56 Å². The number of aromatic amines is 1. The summed E-state index contributed by atoms with van der Waals surface area (Å²) in [7, 11) is 0. The van der Waals surface area contributed by atoms with Gasteiger partial charge in [0.15, 0.2) is 5.75 Å². The lowest BCUT2D eigenvalue weighted by atomic mass is 10.2. The summed E-state index contributed by atoms with van der Waals surface area (Å²) in [5.74, 6) is 1.39. The Morgan fingerprint density at radius 2 is 2.03 bits per heavy atom. The summed E-state index contributed by atoms with van der Waals surface area (Å²) in [5, 5.41) is 3.00. The standard InChI is InChI=1S/C20H13ClF3N5OS/c21-14-7-11(20(22,23)24)8-16-18(14)28-19(27-16)26-15-3-1-2-4-17(15)30-13-5-6-29-12(9-13)10-25-31-29/h1-10,25H,(H2,26,27,28). The number of H-pyrrole nitrogens is 1. The molecule has 0 unspecified atom stereocenters. The molecule has 0 saturated carbocycles. The van der Waals surface area contributed by atoms with E-state index in [9.17, 15) is 13.2 Å². The van der Waals surface area contributed by atoms with Gasteiger partial charge in [-0.1, -0.05) is 23.7 Å². The predicted octanol–water partition coefficient (Wildman–Crippen LogP) is 6.08. The molecule has 31 heavy (non-hydrogen) atoms. The van der Waals surface area contributed by atoms with Crippen LogP contribution in [0.25, 0.3) is 11.0 Å². The summed E-state index contributed by atoms with van der Waals surface area (Å²) in [5.41, 5.74) is 1.09. The second-order valence-corrected chi connectivity index (χ2v) is 7.84. The van der Waals surface area contributed by atoms with E-state index in [1.807, 2.05) is 34.9 Å². The normalized spacial score (nSPS) is 15.4. The summed E-state index contributed by atoms with van der Waals surface area (Å²) in [6.45, 7) is 0. The third kappa shape index (κ3) is 3.91. The zero-order valence-electron chi connectivity index (χ0n) is 15.5. The SMILES string of the molecule is FC(F)(F)c1cc(Cl)c2[nH]c(Nc3ccccc3OC3=CC4=CNSN4C=C3)nc2c1. The highest BCUT2D eigenvalue weighted by molar-refractivity contribution is 7.95. The largest absolute Gasteiger partial charge is 0.455 e. The van der Waals surface area contributed by atoms with Gasteiger partial charge < -0.3 is 19.8 Å². The summed E-state index contributed by atoms with van der Waals surface area (Å²) in [6.07, 6.45) is 2.93. The highest BCUT2D eigenvalue weighted by atomic mass is 35.5. The minimum atomic E-state index is -4.51. The molecule has 0 radical (unpaired) electrons. The molecule has 0 fully saturated rings. The smallest absolute Gasteiger partial charge is 0.416 e. The molecule has 0 amide bonds. The number of fused-ring (bicyclic) bond motifs is 2. The molecule has 0 atom stereocenters. The van der Waals surface area contributed by atoms with Gasteiger partial charge in [-0.3, -0.25) is 4.31 Å². The second-order valence-electron chi connectivity index (χ2n) is 6.63. The van der Waals surface area contributed by atoms with Crippen LogP contribution in [0.2, 0.25) is 5.02 Å². The molecule has 0 saturated heterocycles. The van der Waals surface area contributed by atoms with Gasteiger partial charge in [-0.15, -0.1) is 0 Å². The van der Waals surface area contributed by atoms with Crippen LogP contribution < -0.4 is 14.8 Å². The predicted molar refractivity (Wildman–Crippen MR) is 114 cm³/mol. The molecule has 11 heteroatoms. The van der Waals surface area contributed by atoms with Gasteiger partial charge in [-0.25, -0.2) is 4.98 Å². The van der Waals surface area contributed by atoms with Crippen molar-refractivity contribution in [3.05, 3.63) is 83.0 Å². The lowest BCUT2D eigenvalue weighted by Crippen LogP contribution is -2.09. The number of hydrogen-bond acceptors (Lipinski definition) is 6. The van der Waals surface area contributed by atoms with E-state index in [1.54, 1.807) is 18.2 Å². The molecule has 3 N–H and O–H groups in total. The average molecular weight is 464 g/mol. The Morgan fingerprint density at radius 3 is 2.87 bits per heavy atom. The summed E-state index contributed by atoms with van der Waals surface area (Å²) < 4.78 is 50.2. The summed E-state index contributed by atoms with van der Waals surface area (Å²) in [4.78, 5) is 7.13. The van der Waals surface area contributed by atoms with Crippen LogP contribution in [-0.4, -0.2) is 14.3 Å². The van der Waals surface area contributed by atoms with Gasteiger partial charge in [0.25, 0.3) is 0 Å². The van der Waals surface area contributed by atoms with Crippen LogP contribution in [-0.2, 0) is 6.18 Å². The van der Waals surface area contributed by atoms with Gasteiger partial charge in [-0.2, -0.15) is 13.2 Å². The Labute approximate surface area is 183 Å². The van der Waals surface area contributed by atoms with E-state index in [-0.39, 0.29) is 16.5 Å². The molecule has 3 aromatic rings. The number of rotatable bonds is 4. The second kappa shape index (κ2) is 7.47. The minimum Gasteiger partial charge on any atom is -0.455 e. The number of hydrogen-bond donors (Lipinski definition) is 3. The van der Waals surface area contributed by atoms with E-state index < -0.39 is 11.7 Å². The van der Waals surface area contributed by atoms with Gasteiger partial charge in [0.1, 0.15) is 5.76 Å². The minimum absolute atomic E-state index is 0.0618. The Morgan fingerprint density at radius 1 is 1.19 bits per heavy atom. The first kappa shape index (κ1) is 19.7. The summed E-state index contributed by atoms with van der Waals surface area (Å²) in [6, 6.07) is 9.00. The molecular formula is C20H13ClF3N5OS. The molecule has 6 nitrogen and oxygen atoms in total. The van der Waals surface area contributed by atoms with Crippen molar-refractivity contribution in [1.29, 1.82) is 0 Å². The number of benzene rings is 2. The van der Waals surface area contributed by atoms with E-state index in [0.717, 1.165) is 17.8 Å². The highest BCUT2D eigenvalue weighted by Crippen LogP contribution is 2.36. The fourth-order valence-electron chi connectivity index (χ4n) is 3.09. The number of imidazole rings is 1. The van der Waals surface area contributed by atoms with Gasteiger partial charge >= 0.3 is 6.18 Å². The molecule has 0 bridgehead atoms. The fourth-order valence-corrected chi connectivity index (χ4v) is 3.97. The first-order chi connectivity index (χ1) is 14.9. The molecule has 0 spiro atoms. The lowest BCUT2D eigenvalue weighted by Gasteiger charge is -2.18. The van der Waals surface area contributed by atoms with Gasteiger partial charge in [0.2, 0.25) is 5.95 Å². The third-order valence-electron chi connectivity index (χ3n) is 4.52. The molecule has 2 aliphatic rings. The van der Waals surface area contributed by atoms with Crippen molar-refractivity contribution in [3.8, 4) is 5.75 Å². The molecular weight excluding hydrogens is 451 g/mol. The quantitative estimate of drug-likeness (QED) is 0.408. The number of allylic oxidation sites excluding steroid dienone is 2. The van der Waals surface area contributed by atoms with E-state index in [4.69, 9.17) is 16.3 Å². The van der Waals surface area contributed by atoms with E-state index in [2.05, 4.69) is 20.0 Å². The first-order valence-corrected chi connectivity index (χ1v) is 10.1. The maximum Gasteiger partial charge on any atom is 0.416 e. The molecule has 5 rings (SSSR count). The van der Waals surface area contributed by atoms with Crippen LogP contribution in [0.15, 0.2) is 72.4 Å². The van der Waals surface area contributed by atoms with Crippen molar-refractivity contribution >= 4 is 46.4 Å². The Hall–Kier alpha value is -3.24. The van der Waals surface area contributed by atoms with Crippen molar-refractivity contribution < 1.29 is 17.9 Å². The van der Waals surface area contributed by atoms with Crippen LogP contribution >= 0.6 is 23.7 Å². The Kier molecular flexibility index (Phi) is 4.75. The van der Waals surface area contributed by atoms with Crippen LogP contribution in [0.4, 0.5) is 24.8 Å². The monoisotopic (exact) mass is 463 g/mol. The number of alkyl halides is 3. The molecule has 2 aliphatic heterocycles. The first-order valence-electron chi connectivity index (χ1n) is 8.99. The van der Waals surface area contributed by atoms with E-state index >= 15 is 0 Å². The Bertz CT molecular complexity index is 1270. The van der Waals surface area contributed by atoms with Crippen molar-refractivity contribution in [2.75, 3.05) is 5.32 Å². The fraction of sp³-hybridized carbons (Fsp3) is 0.0500. The number of nitrogens with one attached hydrogen (secondary N) is 3. The van der Waals surface area contributed by atoms with Crippen molar-refractivity contribution in [2.45, 2.75) is 6.18 Å². The maximum absolute atomic E-state index is 13.1. The van der Waals surface area contributed by atoms with Crippen LogP contribution in [0.3, 0.4) is 0 Å². The summed E-state index contributed by atoms with van der Waals surface area (Å²) >= 11 is 7.48. The number of nitrogens with zero attached hydrogens (tertiary/aromatic N) is 2. The molecule has 158 valence electrons. The van der Waals surface area contributed by atoms with Crippen molar-refractivity contribution in [1.82, 2.24) is 19.0 Å². The van der Waals surface area contributed by atoms with Gasteiger partial charge in [-0.05, 0) is 30.3 Å². The van der Waals surface area contributed by atoms with Gasteiger partial charge in [0, 0.05) is 18.5 Å². The Balaban J connectivity index is 1.43. The lowest BCUT2D eigenvalue weighted by molar-refractivity contribution is -0.137. The highest BCUT2D eigenvalue weighted by Gasteiger charge is 2.31. The molecule has 2 aromatic carbocycles. The number of para-hydroxylation sites is 2. The van der Waals surface area contributed by atoms with Crippen molar-refractivity contribution in [2.24, 2.45) is 0 Å². The van der Waals surface area contributed by atoms with Crippen molar-refractivity contribution in [3.63, 3.8) is 0 Å². The topological polar surface area (TPSA) is 65.2 Å². The zero-order valence-corrected chi connectivity index (χ0v) is 17.1. The number of anilines is 2. The molecule has 1 aromatic heterocycles. The van der Waals surface area contributed by atoms with Crippen LogP contribution in [0.5, 0.6) is 5.75 Å². The molecule has 3 heterocycles. The van der Waals surface area contributed by atoms with E-state index in [0.29, 0.717) is 22.7 Å². The molecule has 0 aliphatic carbocycles.